The van der Waals surface area contributed by atoms with Crippen molar-refractivity contribution in [1.29, 1.82) is 0 Å². The molecule has 0 spiro atoms. The Labute approximate surface area is 230 Å². The highest BCUT2D eigenvalue weighted by Crippen LogP contribution is 2.44. The van der Waals surface area contributed by atoms with Crippen molar-refractivity contribution >= 4 is 65.4 Å². The lowest BCUT2D eigenvalue weighted by Crippen LogP contribution is -1.96. The highest BCUT2D eigenvalue weighted by Gasteiger charge is 2.23. The van der Waals surface area contributed by atoms with Crippen molar-refractivity contribution < 1.29 is 0 Å². The molecule has 3 heteroatoms. The van der Waals surface area contributed by atoms with Crippen LogP contribution in [0.2, 0.25) is 0 Å². The van der Waals surface area contributed by atoms with Crippen LogP contribution in [0.4, 0.5) is 0 Å². The molecule has 0 bridgehead atoms. The Balaban J connectivity index is 1.60. The fraction of sp³-hybridized carbons (Fsp3) is 0.0270. The van der Waals surface area contributed by atoms with Crippen LogP contribution in [0.25, 0.3) is 76.8 Å². The van der Waals surface area contributed by atoms with Gasteiger partial charge < -0.3 is 13.7 Å². The van der Waals surface area contributed by atoms with E-state index in [0.29, 0.717) is 0 Å². The third-order valence-electron chi connectivity index (χ3n) is 8.62. The topological polar surface area (TPSA) is 14.8 Å². The Morgan fingerprint density at radius 3 is 1.55 bits per heavy atom. The van der Waals surface area contributed by atoms with Crippen LogP contribution in [0, 0.1) is 0 Å². The van der Waals surface area contributed by atoms with Crippen molar-refractivity contribution in [2.24, 2.45) is 7.05 Å². The normalized spacial score (nSPS) is 12.1. The summed E-state index contributed by atoms with van der Waals surface area (Å²) in [5.74, 6) is 0. The summed E-state index contributed by atoms with van der Waals surface area (Å²) >= 11 is 0. The molecular weight excluding hydrogens is 486 g/mol. The number of para-hydroxylation sites is 4. The number of aromatic nitrogens is 3. The standard InChI is InChI=1S/C37H25N3/c1-38-31-18-10-8-16-26(31)29-20-21-30-34-33(40(37(30)36(29)38)25-14-6-3-7-15-25)23-22-28-27-17-9-11-19-32(27)39(35(28)34)24-12-4-2-5-13-24/h2-23H,1H3. The van der Waals surface area contributed by atoms with E-state index in [1.54, 1.807) is 0 Å². The highest BCUT2D eigenvalue weighted by molar-refractivity contribution is 6.30. The lowest BCUT2D eigenvalue weighted by molar-refractivity contribution is 1.01. The van der Waals surface area contributed by atoms with Gasteiger partial charge in [-0.05, 0) is 42.5 Å². The first-order valence-corrected chi connectivity index (χ1v) is 13.8. The molecule has 0 amide bonds. The molecule has 0 atom stereocenters. The van der Waals surface area contributed by atoms with Crippen LogP contribution >= 0.6 is 0 Å². The highest BCUT2D eigenvalue weighted by atomic mass is 15.0. The maximum Gasteiger partial charge on any atom is 0.0786 e. The van der Waals surface area contributed by atoms with Gasteiger partial charge >= 0.3 is 0 Å². The molecule has 3 aromatic heterocycles. The molecule has 0 aliphatic rings. The molecule has 9 aromatic rings. The molecular formula is C37H25N3. The molecule has 0 aliphatic carbocycles. The number of hydrogen-bond donors (Lipinski definition) is 0. The van der Waals surface area contributed by atoms with Gasteiger partial charge in [0.25, 0.3) is 0 Å². The van der Waals surface area contributed by atoms with Gasteiger partial charge in [0.15, 0.2) is 0 Å². The van der Waals surface area contributed by atoms with Crippen LogP contribution in [0.3, 0.4) is 0 Å². The number of rotatable bonds is 2. The fourth-order valence-corrected chi connectivity index (χ4v) is 6.99. The van der Waals surface area contributed by atoms with Crippen LogP contribution in [-0.2, 0) is 7.05 Å². The molecule has 3 nitrogen and oxygen atoms in total. The fourth-order valence-electron chi connectivity index (χ4n) is 6.99. The molecule has 0 saturated heterocycles. The van der Waals surface area contributed by atoms with E-state index in [9.17, 15) is 0 Å². The van der Waals surface area contributed by atoms with Gasteiger partial charge in [-0.1, -0.05) is 91.0 Å². The van der Waals surface area contributed by atoms with Crippen molar-refractivity contribution in [2.75, 3.05) is 0 Å². The van der Waals surface area contributed by atoms with Crippen LogP contribution in [0.15, 0.2) is 133 Å². The van der Waals surface area contributed by atoms with Gasteiger partial charge in [-0.3, -0.25) is 0 Å². The molecule has 0 unspecified atom stereocenters. The zero-order valence-electron chi connectivity index (χ0n) is 22.0. The molecule has 0 saturated carbocycles. The molecule has 6 aromatic carbocycles. The first kappa shape index (κ1) is 21.6. The van der Waals surface area contributed by atoms with E-state index < -0.39 is 0 Å². The van der Waals surface area contributed by atoms with Gasteiger partial charge in [0, 0.05) is 56.3 Å². The third kappa shape index (κ3) is 2.69. The second-order valence-corrected chi connectivity index (χ2v) is 10.6. The van der Waals surface area contributed by atoms with Crippen LogP contribution in [0.1, 0.15) is 0 Å². The van der Waals surface area contributed by atoms with Crippen molar-refractivity contribution in [3.8, 4) is 11.4 Å². The van der Waals surface area contributed by atoms with Crippen LogP contribution in [-0.4, -0.2) is 13.7 Å². The summed E-state index contributed by atoms with van der Waals surface area (Å²) in [5, 5.41) is 7.66. The number of aryl methyl sites for hydroxylation is 1. The molecule has 188 valence electrons. The maximum absolute atomic E-state index is 2.47. The Bertz CT molecular complexity index is 2420. The second-order valence-electron chi connectivity index (χ2n) is 10.6. The predicted molar refractivity (Wildman–Crippen MR) is 169 cm³/mol. The van der Waals surface area contributed by atoms with Gasteiger partial charge in [0.1, 0.15) is 0 Å². The zero-order chi connectivity index (χ0) is 26.4. The van der Waals surface area contributed by atoms with E-state index in [1.165, 1.54) is 76.8 Å². The molecule has 3 heterocycles. The predicted octanol–water partition coefficient (Wildman–Crippen LogP) is 9.53. The quantitative estimate of drug-likeness (QED) is 0.219. The lowest BCUT2D eigenvalue weighted by Gasteiger charge is -2.10. The first-order chi connectivity index (χ1) is 19.8. The summed E-state index contributed by atoms with van der Waals surface area (Å²) in [6, 6.07) is 48.4. The molecule has 0 aliphatic heterocycles. The Morgan fingerprint density at radius 2 is 0.850 bits per heavy atom. The zero-order valence-corrected chi connectivity index (χ0v) is 22.0. The summed E-state index contributed by atoms with van der Waals surface area (Å²) in [7, 11) is 2.20. The first-order valence-electron chi connectivity index (χ1n) is 13.8. The maximum atomic E-state index is 2.47. The molecule has 0 fully saturated rings. The monoisotopic (exact) mass is 511 g/mol. The largest absolute Gasteiger partial charge is 0.342 e. The number of nitrogens with zero attached hydrogens (tertiary/aromatic N) is 3. The van der Waals surface area contributed by atoms with Crippen LogP contribution < -0.4 is 0 Å². The lowest BCUT2D eigenvalue weighted by atomic mass is 10.1. The number of hydrogen-bond acceptors (Lipinski definition) is 0. The minimum atomic E-state index is 1.17. The van der Waals surface area contributed by atoms with Gasteiger partial charge in [0.2, 0.25) is 0 Å². The second kappa shape index (κ2) is 7.87. The average Bonchev–Trinajstić information content (AvgIpc) is 3.64. The Kier molecular flexibility index (Phi) is 4.26. The van der Waals surface area contributed by atoms with Gasteiger partial charge in [-0.25, -0.2) is 0 Å². The summed E-state index contributed by atoms with van der Waals surface area (Å²) in [4.78, 5) is 0. The van der Waals surface area contributed by atoms with Crippen molar-refractivity contribution in [1.82, 2.24) is 13.7 Å². The number of benzene rings is 6. The molecule has 9 rings (SSSR count). The van der Waals surface area contributed by atoms with E-state index in [-0.39, 0.29) is 0 Å². The number of fused-ring (bicyclic) bond motifs is 11. The van der Waals surface area contributed by atoms with Crippen molar-refractivity contribution in [3.05, 3.63) is 133 Å². The SMILES string of the molecule is Cn1c2ccccc2c2ccc3c4c(ccc5c6ccccc6n(-c6ccccc6)c54)n(-c4ccccc4)c3c21. The van der Waals surface area contributed by atoms with E-state index in [0.717, 1.165) is 0 Å². The van der Waals surface area contributed by atoms with Gasteiger partial charge in [-0.15, -0.1) is 0 Å². The van der Waals surface area contributed by atoms with E-state index in [1.807, 2.05) is 0 Å². The Morgan fingerprint density at radius 1 is 0.350 bits per heavy atom. The average molecular weight is 512 g/mol. The van der Waals surface area contributed by atoms with Gasteiger partial charge in [-0.2, -0.15) is 0 Å². The smallest absolute Gasteiger partial charge is 0.0786 e. The summed E-state index contributed by atoms with van der Waals surface area (Å²) in [5.41, 5.74) is 9.79. The minimum Gasteiger partial charge on any atom is -0.342 e. The molecule has 40 heavy (non-hydrogen) atoms. The molecule has 0 radical (unpaired) electrons. The minimum absolute atomic E-state index is 1.17. The third-order valence-corrected chi connectivity index (χ3v) is 8.62. The van der Waals surface area contributed by atoms with Crippen molar-refractivity contribution in [3.63, 3.8) is 0 Å². The molecule has 0 N–H and O–H groups in total. The van der Waals surface area contributed by atoms with E-state index in [2.05, 4.69) is 154 Å². The Hall–Kier alpha value is -5.28. The summed E-state index contributed by atoms with van der Waals surface area (Å²) < 4.78 is 7.29. The van der Waals surface area contributed by atoms with E-state index in [4.69, 9.17) is 0 Å². The summed E-state index contributed by atoms with van der Waals surface area (Å²) in [6.45, 7) is 0. The van der Waals surface area contributed by atoms with E-state index >= 15 is 0 Å². The summed E-state index contributed by atoms with van der Waals surface area (Å²) in [6.07, 6.45) is 0. The van der Waals surface area contributed by atoms with Crippen molar-refractivity contribution in [2.45, 2.75) is 0 Å². The van der Waals surface area contributed by atoms with Crippen LogP contribution in [0.5, 0.6) is 0 Å². The van der Waals surface area contributed by atoms with Gasteiger partial charge in [0.05, 0.1) is 27.6 Å².